The average Bonchev–Trinajstić information content (AvgIpc) is 2.51. The van der Waals surface area contributed by atoms with Crippen LogP contribution in [0.25, 0.3) is 11.4 Å². The Labute approximate surface area is 124 Å². The van der Waals surface area contributed by atoms with Crippen molar-refractivity contribution in [1.82, 2.24) is 9.97 Å². The first-order valence-corrected chi connectivity index (χ1v) is 6.15. The molecule has 22 heavy (non-hydrogen) atoms. The minimum absolute atomic E-state index is 0.0939. The lowest BCUT2D eigenvalue weighted by Gasteiger charge is -2.11. The smallest absolute Gasteiger partial charge is 0.360 e. The van der Waals surface area contributed by atoms with Crippen LogP contribution in [0.4, 0.5) is 14.6 Å². The molecule has 0 aliphatic rings. The highest BCUT2D eigenvalue weighted by Crippen LogP contribution is 2.29. The largest absolute Gasteiger partial charge is 0.491 e. The number of hydrogen-bond acceptors (Lipinski definition) is 6. The lowest BCUT2D eigenvalue weighted by molar-refractivity contribution is 0.0590. The van der Waals surface area contributed by atoms with Crippen molar-refractivity contribution in [1.29, 1.82) is 0 Å². The molecule has 116 valence electrons. The quantitative estimate of drug-likeness (QED) is 0.874. The second-order valence-corrected chi connectivity index (χ2v) is 4.36. The van der Waals surface area contributed by atoms with Crippen LogP contribution in [0.2, 0.25) is 0 Å². The summed E-state index contributed by atoms with van der Waals surface area (Å²) in [5, 5.41) is 0. The summed E-state index contributed by atoms with van der Waals surface area (Å²) in [7, 11) is 2.42. The van der Waals surface area contributed by atoms with Crippen LogP contribution in [-0.2, 0) is 4.74 Å². The number of methoxy groups -OCH3 is 2. The molecule has 0 amide bonds. The van der Waals surface area contributed by atoms with Gasteiger partial charge >= 0.3 is 5.97 Å². The molecule has 8 heteroatoms. The van der Waals surface area contributed by atoms with Crippen molar-refractivity contribution in [2.45, 2.75) is 6.92 Å². The molecular weight excluding hydrogens is 296 g/mol. The van der Waals surface area contributed by atoms with Gasteiger partial charge in [0.15, 0.2) is 34.7 Å². The number of esters is 1. The fraction of sp³-hybridized carbons (Fsp3) is 0.214. The van der Waals surface area contributed by atoms with Gasteiger partial charge in [-0.1, -0.05) is 6.07 Å². The first-order valence-electron chi connectivity index (χ1n) is 6.15. The normalized spacial score (nSPS) is 10.4. The number of carbonyl (C=O) groups is 1. The van der Waals surface area contributed by atoms with Crippen molar-refractivity contribution >= 4 is 11.8 Å². The van der Waals surface area contributed by atoms with Gasteiger partial charge in [-0.2, -0.15) is 0 Å². The molecule has 0 radical (unpaired) electrons. The van der Waals surface area contributed by atoms with Crippen molar-refractivity contribution in [3.05, 3.63) is 35.0 Å². The zero-order chi connectivity index (χ0) is 16.4. The average molecular weight is 309 g/mol. The van der Waals surface area contributed by atoms with E-state index in [4.69, 9.17) is 10.5 Å². The summed E-state index contributed by atoms with van der Waals surface area (Å²) in [6.45, 7) is 1.42. The van der Waals surface area contributed by atoms with Gasteiger partial charge in [0.25, 0.3) is 0 Å². The maximum absolute atomic E-state index is 14.0. The van der Waals surface area contributed by atoms with Gasteiger partial charge in [0.2, 0.25) is 0 Å². The van der Waals surface area contributed by atoms with E-state index in [0.29, 0.717) is 0 Å². The number of halogens is 2. The molecule has 0 aliphatic carbocycles. The molecule has 0 fully saturated rings. The Morgan fingerprint density at radius 1 is 1.18 bits per heavy atom. The monoisotopic (exact) mass is 309 g/mol. The Kier molecular flexibility index (Phi) is 4.20. The van der Waals surface area contributed by atoms with Crippen LogP contribution in [0.1, 0.15) is 16.1 Å². The molecule has 2 rings (SSSR count). The highest BCUT2D eigenvalue weighted by molar-refractivity contribution is 5.92. The number of nitrogens with zero attached hydrogens (tertiary/aromatic N) is 2. The summed E-state index contributed by atoms with van der Waals surface area (Å²) in [6.07, 6.45) is 0. The molecule has 0 bridgehead atoms. The Hall–Kier alpha value is -2.77. The van der Waals surface area contributed by atoms with E-state index in [1.165, 1.54) is 26.2 Å². The Morgan fingerprint density at radius 3 is 2.45 bits per heavy atom. The molecule has 0 atom stereocenters. The molecule has 0 aliphatic heterocycles. The third-order valence-electron chi connectivity index (χ3n) is 2.99. The van der Waals surface area contributed by atoms with Gasteiger partial charge in [-0.3, -0.25) is 0 Å². The predicted molar refractivity (Wildman–Crippen MR) is 74.4 cm³/mol. The molecule has 1 heterocycles. The fourth-order valence-electron chi connectivity index (χ4n) is 1.84. The van der Waals surface area contributed by atoms with Crippen LogP contribution < -0.4 is 10.5 Å². The number of benzene rings is 1. The summed E-state index contributed by atoms with van der Waals surface area (Å²) < 4.78 is 37.2. The van der Waals surface area contributed by atoms with Crippen LogP contribution in [0, 0.1) is 18.6 Å². The minimum atomic E-state index is -1.12. The summed E-state index contributed by atoms with van der Waals surface area (Å²) in [6, 6.07) is 2.67. The molecule has 1 aromatic heterocycles. The van der Waals surface area contributed by atoms with Crippen molar-refractivity contribution in [3.63, 3.8) is 0 Å². The van der Waals surface area contributed by atoms with Crippen molar-refractivity contribution in [2.24, 2.45) is 0 Å². The number of rotatable bonds is 3. The molecule has 0 spiro atoms. The molecule has 0 saturated carbocycles. The predicted octanol–water partition coefficient (Wildman–Crippen LogP) is 2.11. The van der Waals surface area contributed by atoms with E-state index in [1.807, 2.05) is 0 Å². The van der Waals surface area contributed by atoms with E-state index in [-0.39, 0.29) is 34.2 Å². The maximum atomic E-state index is 14.0. The Bertz CT molecular complexity index is 751. The van der Waals surface area contributed by atoms with Gasteiger partial charge in [0.05, 0.1) is 19.8 Å². The first-order chi connectivity index (χ1) is 10.4. The highest BCUT2D eigenvalue weighted by Gasteiger charge is 2.23. The van der Waals surface area contributed by atoms with Gasteiger partial charge in [-0.25, -0.2) is 23.5 Å². The number of hydrogen-bond donors (Lipinski definition) is 1. The molecule has 0 unspecified atom stereocenters. The molecule has 0 saturated heterocycles. The number of ether oxygens (including phenoxy) is 2. The Balaban J connectivity index is 2.70. The fourth-order valence-corrected chi connectivity index (χ4v) is 1.84. The molecular formula is C14H13F2N3O3. The topological polar surface area (TPSA) is 87.3 Å². The SMILES string of the molecule is COC(=O)c1nc(-c2ccc(C)c(F)c2F)nc(N)c1OC. The second kappa shape index (κ2) is 5.92. The van der Waals surface area contributed by atoms with Crippen LogP contribution in [0.5, 0.6) is 5.75 Å². The molecule has 1 aromatic carbocycles. The first kappa shape index (κ1) is 15.6. The van der Waals surface area contributed by atoms with Crippen LogP contribution in [0.15, 0.2) is 12.1 Å². The van der Waals surface area contributed by atoms with E-state index in [9.17, 15) is 13.6 Å². The Morgan fingerprint density at radius 2 is 1.86 bits per heavy atom. The third kappa shape index (κ3) is 2.54. The molecule has 2 N–H and O–H groups in total. The third-order valence-corrected chi connectivity index (χ3v) is 2.99. The van der Waals surface area contributed by atoms with Gasteiger partial charge < -0.3 is 15.2 Å². The molecule has 2 aromatic rings. The van der Waals surface area contributed by atoms with E-state index in [2.05, 4.69) is 14.7 Å². The summed E-state index contributed by atoms with van der Waals surface area (Å²) >= 11 is 0. The van der Waals surface area contributed by atoms with Crippen LogP contribution in [-0.4, -0.2) is 30.2 Å². The molecule has 6 nitrogen and oxygen atoms in total. The van der Waals surface area contributed by atoms with Gasteiger partial charge in [-0.15, -0.1) is 0 Å². The summed E-state index contributed by atoms with van der Waals surface area (Å²) in [5.41, 5.74) is 5.33. The lowest BCUT2D eigenvalue weighted by Crippen LogP contribution is -2.12. The maximum Gasteiger partial charge on any atom is 0.360 e. The zero-order valence-electron chi connectivity index (χ0n) is 12.1. The number of nitrogens with two attached hydrogens (primary N) is 1. The lowest BCUT2D eigenvalue weighted by atomic mass is 10.1. The van der Waals surface area contributed by atoms with E-state index < -0.39 is 17.6 Å². The minimum Gasteiger partial charge on any atom is -0.491 e. The number of carbonyl (C=O) groups excluding carboxylic acids is 1. The number of aryl methyl sites for hydroxylation is 1. The van der Waals surface area contributed by atoms with Crippen molar-refractivity contribution in [3.8, 4) is 17.1 Å². The summed E-state index contributed by atoms with van der Waals surface area (Å²) in [5.74, 6) is -3.50. The number of anilines is 1. The standard InChI is InChI=1S/C14H13F2N3O3/c1-6-4-5-7(9(16)8(6)15)13-18-10(14(20)22-3)11(21-2)12(17)19-13/h4-5H,1-3H3,(H2,17,18,19). The van der Waals surface area contributed by atoms with Crippen molar-refractivity contribution in [2.75, 3.05) is 20.0 Å². The van der Waals surface area contributed by atoms with E-state index in [1.54, 1.807) is 0 Å². The second-order valence-electron chi connectivity index (χ2n) is 4.36. The highest BCUT2D eigenvalue weighted by atomic mass is 19.2. The van der Waals surface area contributed by atoms with Gasteiger partial charge in [-0.05, 0) is 18.6 Å². The zero-order valence-corrected chi connectivity index (χ0v) is 12.1. The summed E-state index contributed by atoms with van der Waals surface area (Å²) in [4.78, 5) is 19.4. The van der Waals surface area contributed by atoms with Crippen LogP contribution >= 0.6 is 0 Å². The van der Waals surface area contributed by atoms with Gasteiger partial charge in [0.1, 0.15) is 0 Å². The van der Waals surface area contributed by atoms with E-state index in [0.717, 1.165) is 7.11 Å². The van der Waals surface area contributed by atoms with Gasteiger partial charge in [0, 0.05) is 0 Å². The van der Waals surface area contributed by atoms with E-state index >= 15 is 0 Å². The number of nitrogen functional groups attached to an aromatic ring is 1. The van der Waals surface area contributed by atoms with Crippen molar-refractivity contribution < 1.29 is 23.0 Å². The number of aromatic nitrogens is 2. The van der Waals surface area contributed by atoms with Crippen LogP contribution in [0.3, 0.4) is 0 Å².